The topological polar surface area (TPSA) is 29.3 Å². The van der Waals surface area contributed by atoms with E-state index in [1.165, 1.54) is 31.5 Å². The van der Waals surface area contributed by atoms with E-state index in [4.69, 9.17) is 5.73 Å². The van der Waals surface area contributed by atoms with Crippen molar-refractivity contribution in [1.82, 2.24) is 4.90 Å². The summed E-state index contributed by atoms with van der Waals surface area (Å²) in [6.45, 7) is 9.20. The number of hydrogen-bond acceptors (Lipinski definition) is 2. The standard InChI is InChI=1S/C17H28N2/c1-4-16(19-12-8-9-13-19)17(18,14(2)3)15-10-6-5-7-11-15/h5-7,10-11,14,16H,4,8-9,12-13,18H2,1-3H3. The first-order chi connectivity index (χ1) is 9.10. The molecule has 2 nitrogen and oxygen atoms in total. The van der Waals surface area contributed by atoms with Gasteiger partial charge in [0.25, 0.3) is 0 Å². The molecule has 0 aromatic heterocycles. The van der Waals surface area contributed by atoms with Crippen molar-refractivity contribution in [2.75, 3.05) is 13.1 Å². The van der Waals surface area contributed by atoms with Gasteiger partial charge in [0.05, 0.1) is 5.54 Å². The molecule has 2 rings (SSSR count). The Hall–Kier alpha value is -0.860. The molecule has 0 saturated carbocycles. The van der Waals surface area contributed by atoms with Crippen LogP contribution in [0.25, 0.3) is 0 Å². The first-order valence-corrected chi connectivity index (χ1v) is 7.69. The summed E-state index contributed by atoms with van der Waals surface area (Å²) < 4.78 is 0. The van der Waals surface area contributed by atoms with Gasteiger partial charge in [-0.25, -0.2) is 0 Å². The van der Waals surface area contributed by atoms with Crippen LogP contribution in [0.2, 0.25) is 0 Å². The predicted octanol–water partition coefficient (Wildman–Crippen LogP) is 3.37. The zero-order valence-electron chi connectivity index (χ0n) is 12.6. The molecule has 0 amide bonds. The van der Waals surface area contributed by atoms with E-state index < -0.39 is 0 Å². The largest absolute Gasteiger partial charge is 0.320 e. The van der Waals surface area contributed by atoms with E-state index in [2.05, 4.69) is 56.0 Å². The Morgan fingerprint density at radius 1 is 1.16 bits per heavy atom. The molecule has 0 aliphatic carbocycles. The molecule has 1 aliphatic rings. The summed E-state index contributed by atoms with van der Waals surface area (Å²) in [4.78, 5) is 2.60. The second-order valence-electron chi connectivity index (χ2n) is 6.12. The van der Waals surface area contributed by atoms with Crippen molar-refractivity contribution in [2.45, 2.75) is 51.6 Å². The van der Waals surface area contributed by atoms with Crippen LogP contribution in [0.15, 0.2) is 30.3 Å². The molecule has 2 unspecified atom stereocenters. The summed E-state index contributed by atoms with van der Waals surface area (Å²) in [5.41, 5.74) is 7.99. The van der Waals surface area contributed by atoms with Crippen molar-refractivity contribution in [2.24, 2.45) is 11.7 Å². The van der Waals surface area contributed by atoms with Gasteiger partial charge >= 0.3 is 0 Å². The molecule has 1 fully saturated rings. The SMILES string of the molecule is CCC(N1CCCC1)C(N)(c1ccccc1)C(C)C. The second-order valence-corrected chi connectivity index (χ2v) is 6.12. The van der Waals surface area contributed by atoms with E-state index in [0.29, 0.717) is 12.0 Å². The maximum absolute atomic E-state index is 6.96. The quantitative estimate of drug-likeness (QED) is 0.879. The smallest absolute Gasteiger partial charge is 0.0590 e. The van der Waals surface area contributed by atoms with Crippen LogP contribution in [0.4, 0.5) is 0 Å². The summed E-state index contributed by atoms with van der Waals surface area (Å²) in [6.07, 6.45) is 3.75. The molecule has 0 bridgehead atoms. The van der Waals surface area contributed by atoms with Gasteiger partial charge in [-0.2, -0.15) is 0 Å². The number of hydrogen-bond donors (Lipinski definition) is 1. The maximum Gasteiger partial charge on any atom is 0.0590 e. The van der Waals surface area contributed by atoms with E-state index in [1.54, 1.807) is 0 Å². The van der Waals surface area contributed by atoms with Gasteiger partial charge in [0, 0.05) is 6.04 Å². The number of nitrogens with zero attached hydrogens (tertiary/aromatic N) is 1. The lowest BCUT2D eigenvalue weighted by Gasteiger charge is -2.45. The molecule has 2 atom stereocenters. The fourth-order valence-electron chi connectivity index (χ4n) is 3.59. The Morgan fingerprint density at radius 2 is 1.74 bits per heavy atom. The molecule has 106 valence electrons. The number of benzene rings is 1. The van der Waals surface area contributed by atoms with E-state index in [9.17, 15) is 0 Å². The van der Waals surface area contributed by atoms with Gasteiger partial charge in [0.1, 0.15) is 0 Å². The van der Waals surface area contributed by atoms with Gasteiger partial charge in [-0.15, -0.1) is 0 Å². The highest BCUT2D eigenvalue weighted by Crippen LogP contribution is 2.36. The van der Waals surface area contributed by atoms with Crippen LogP contribution in [0.1, 0.15) is 45.6 Å². The van der Waals surface area contributed by atoms with Crippen molar-refractivity contribution < 1.29 is 0 Å². The summed E-state index contributed by atoms with van der Waals surface area (Å²) in [5, 5.41) is 0. The second kappa shape index (κ2) is 6.06. The monoisotopic (exact) mass is 260 g/mol. The average Bonchev–Trinajstić information content (AvgIpc) is 2.94. The number of rotatable bonds is 5. The molecule has 0 spiro atoms. The Morgan fingerprint density at radius 3 is 2.21 bits per heavy atom. The van der Waals surface area contributed by atoms with Gasteiger partial charge < -0.3 is 5.73 Å². The van der Waals surface area contributed by atoms with E-state index in [0.717, 1.165) is 6.42 Å². The molecule has 0 radical (unpaired) electrons. The summed E-state index contributed by atoms with van der Waals surface area (Å²) in [7, 11) is 0. The molecule has 1 saturated heterocycles. The zero-order valence-corrected chi connectivity index (χ0v) is 12.6. The van der Waals surface area contributed by atoms with Gasteiger partial charge in [0.15, 0.2) is 0 Å². The lowest BCUT2D eigenvalue weighted by atomic mass is 9.73. The molecule has 2 N–H and O–H groups in total. The van der Waals surface area contributed by atoms with Crippen LogP contribution in [0, 0.1) is 5.92 Å². The Kier molecular flexibility index (Phi) is 4.64. The molecule has 1 aromatic rings. The Balaban J connectivity index is 2.37. The van der Waals surface area contributed by atoms with E-state index in [1.807, 2.05) is 0 Å². The number of nitrogens with two attached hydrogens (primary N) is 1. The lowest BCUT2D eigenvalue weighted by Crippen LogP contribution is -2.58. The third kappa shape index (κ3) is 2.70. The molecule has 1 aliphatic heterocycles. The van der Waals surface area contributed by atoms with Gasteiger partial charge in [0.2, 0.25) is 0 Å². The zero-order chi connectivity index (χ0) is 13.9. The third-order valence-corrected chi connectivity index (χ3v) is 4.75. The summed E-state index contributed by atoms with van der Waals surface area (Å²) >= 11 is 0. The van der Waals surface area contributed by atoms with Crippen molar-refractivity contribution >= 4 is 0 Å². The van der Waals surface area contributed by atoms with Gasteiger partial charge in [-0.05, 0) is 43.8 Å². The van der Waals surface area contributed by atoms with Gasteiger partial charge in [-0.3, -0.25) is 4.90 Å². The molecule has 19 heavy (non-hydrogen) atoms. The minimum atomic E-state index is -0.250. The highest BCUT2D eigenvalue weighted by molar-refractivity contribution is 5.27. The van der Waals surface area contributed by atoms with Crippen LogP contribution >= 0.6 is 0 Å². The van der Waals surface area contributed by atoms with Crippen LogP contribution in [-0.2, 0) is 5.54 Å². The Labute approximate surface area is 118 Å². The van der Waals surface area contributed by atoms with Crippen LogP contribution < -0.4 is 5.73 Å². The van der Waals surface area contributed by atoms with Crippen LogP contribution in [0.5, 0.6) is 0 Å². The third-order valence-electron chi connectivity index (χ3n) is 4.75. The van der Waals surface area contributed by atoms with E-state index in [-0.39, 0.29) is 5.54 Å². The normalized spacial score (nSPS) is 21.5. The molecular weight excluding hydrogens is 232 g/mol. The van der Waals surface area contributed by atoms with E-state index >= 15 is 0 Å². The van der Waals surface area contributed by atoms with Crippen LogP contribution in [0.3, 0.4) is 0 Å². The minimum Gasteiger partial charge on any atom is -0.320 e. The highest BCUT2D eigenvalue weighted by Gasteiger charge is 2.42. The first kappa shape index (κ1) is 14.5. The molecule has 1 heterocycles. The molecule has 2 heteroatoms. The fourth-order valence-corrected chi connectivity index (χ4v) is 3.59. The summed E-state index contributed by atoms with van der Waals surface area (Å²) in [6, 6.07) is 11.1. The molecule has 1 aromatic carbocycles. The van der Waals surface area contributed by atoms with Crippen molar-refractivity contribution in [3.8, 4) is 0 Å². The van der Waals surface area contributed by atoms with Crippen molar-refractivity contribution in [3.05, 3.63) is 35.9 Å². The lowest BCUT2D eigenvalue weighted by molar-refractivity contribution is 0.104. The highest BCUT2D eigenvalue weighted by atomic mass is 15.2. The van der Waals surface area contributed by atoms with Gasteiger partial charge in [-0.1, -0.05) is 51.1 Å². The minimum absolute atomic E-state index is 0.250. The van der Waals surface area contributed by atoms with Crippen LogP contribution in [-0.4, -0.2) is 24.0 Å². The fraction of sp³-hybridized carbons (Fsp3) is 0.647. The predicted molar refractivity (Wildman–Crippen MR) is 82.0 cm³/mol. The van der Waals surface area contributed by atoms with Crippen molar-refractivity contribution in [1.29, 1.82) is 0 Å². The Bertz CT molecular complexity index is 382. The summed E-state index contributed by atoms with van der Waals surface area (Å²) in [5.74, 6) is 0.431. The maximum atomic E-state index is 6.96. The molecular formula is C17H28N2. The number of likely N-dealkylation sites (tertiary alicyclic amines) is 1. The average molecular weight is 260 g/mol. The van der Waals surface area contributed by atoms with Crippen molar-refractivity contribution in [3.63, 3.8) is 0 Å². The first-order valence-electron chi connectivity index (χ1n) is 7.69.